The average Bonchev–Trinajstić information content (AvgIpc) is 2.69. The van der Waals surface area contributed by atoms with Crippen molar-refractivity contribution < 1.29 is 9.59 Å². The maximum atomic E-state index is 12.5. The van der Waals surface area contributed by atoms with Gasteiger partial charge in [-0.15, -0.1) is 0 Å². The first-order chi connectivity index (χ1) is 12.7. The number of carbonyl (C=O) groups is 2. The van der Waals surface area contributed by atoms with Gasteiger partial charge in [0.1, 0.15) is 0 Å². The molecule has 1 fully saturated rings. The lowest BCUT2D eigenvalue weighted by Crippen LogP contribution is -2.51. The number of rotatable bonds is 5. The van der Waals surface area contributed by atoms with E-state index in [9.17, 15) is 9.59 Å². The van der Waals surface area contributed by atoms with Crippen molar-refractivity contribution in [3.05, 3.63) is 60.2 Å². The number of nitrogens with one attached hydrogen (secondary N) is 1. The zero-order valence-corrected chi connectivity index (χ0v) is 15.1. The Kier molecular flexibility index (Phi) is 6.02. The molecule has 5 nitrogen and oxygen atoms in total. The van der Waals surface area contributed by atoms with Gasteiger partial charge in [-0.05, 0) is 16.7 Å². The highest BCUT2D eigenvalue weighted by molar-refractivity contribution is 5.79. The van der Waals surface area contributed by atoms with Gasteiger partial charge in [0.05, 0.1) is 13.0 Å². The van der Waals surface area contributed by atoms with Crippen LogP contribution < -0.4 is 5.32 Å². The van der Waals surface area contributed by atoms with Crippen LogP contribution in [0, 0.1) is 0 Å². The topological polar surface area (TPSA) is 52.7 Å². The van der Waals surface area contributed by atoms with E-state index in [4.69, 9.17) is 0 Å². The van der Waals surface area contributed by atoms with Gasteiger partial charge in [-0.3, -0.25) is 14.5 Å². The Balaban J connectivity index is 1.52. The molecule has 1 N–H and O–H groups in total. The molecule has 1 saturated heterocycles. The minimum absolute atomic E-state index is 0.0169. The summed E-state index contributed by atoms with van der Waals surface area (Å²) in [6, 6.07) is 18.4. The number of carbonyl (C=O) groups excluding carboxylic acids is 2. The highest BCUT2D eigenvalue weighted by Crippen LogP contribution is 2.19. The van der Waals surface area contributed by atoms with Gasteiger partial charge in [-0.1, -0.05) is 54.6 Å². The molecule has 0 spiro atoms. The van der Waals surface area contributed by atoms with Crippen molar-refractivity contribution in [3.63, 3.8) is 0 Å². The monoisotopic (exact) mass is 351 g/mol. The predicted molar refractivity (Wildman–Crippen MR) is 103 cm³/mol. The molecule has 2 aromatic rings. The van der Waals surface area contributed by atoms with Crippen molar-refractivity contribution in [3.8, 4) is 11.1 Å². The first-order valence-corrected chi connectivity index (χ1v) is 9.01. The van der Waals surface area contributed by atoms with Crippen LogP contribution in [0.5, 0.6) is 0 Å². The molecular weight excluding hydrogens is 326 g/mol. The zero-order chi connectivity index (χ0) is 18.4. The molecule has 0 aliphatic carbocycles. The molecule has 26 heavy (non-hydrogen) atoms. The van der Waals surface area contributed by atoms with Gasteiger partial charge in [-0.2, -0.15) is 0 Å². The predicted octanol–water partition coefficient (Wildman–Crippen LogP) is 1.79. The van der Waals surface area contributed by atoms with Crippen LogP contribution in [0.1, 0.15) is 5.56 Å². The van der Waals surface area contributed by atoms with Crippen LogP contribution in [0.25, 0.3) is 11.1 Å². The summed E-state index contributed by atoms with van der Waals surface area (Å²) < 4.78 is 0. The Morgan fingerprint density at radius 2 is 1.50 bits per heavy atom. The molecule has 0 unspecified atom stereocenters. The molecule has 3 rings (SSSR count). The summed E-state index contributed by atoms with van der Waals surface area (Å²) in [4.78, 5) is 27.9. The van der Waals surface area contributed by atoms with Crippen molar-refractivity contribution in [2.45, 2.75) is 6.42 Å². The third-order valence-electron chi connectivity index (χ3n) is 4.79. The van der Waals surface area contributed by atoms with Gasteiger partial charge in [0.25, 0.3) is 0 Å². The van der Waals surface area contributed by atoms with E-state index >= 15 is 0 Å². The van der Waals surface area contributed by atoms with Crippen LogP contribution in [0.2, 0.25) is 0 Å². The summed E-state index contributed by atoms with van der Waals surface area (Å²) in [5.74, 6) is 0.167. The largest absolute Gasteiger partial charge is 0.358 e. The SMILES string of the molecule is CNC(=O)CN1CCN(C(=O)Cc2ccc(-c3ccccc3)cc2)CC1. The minimum Gasteiger partial charge on any atom is -0.358 e. The highest BCUT2D eigenvalue weighted by Gasteiger charge is 2.22. The molecule has 136 valence electrons. The van der Waals surface area contributed by atoms with E-state index in [-0.39, 0.29) is 11.8 Å². The Morgan fingerprint density at radius 3 is 2.12 bits per heavy atom. The number of nitrogens with zero attached hydrogens (tertiary/aromatic N) is 2. The summed E-state index contributed by atoms with van der Waals surface area (Å²) in [6.45, 7) is 3.24. The van der Waals surface area contributed by atoms with Gasteiger partial charge in [0.15, 0.2) is 0 Å². The molecule has 5 heteroatoms. The Hall–Kier alpha value is -2.66. The van der Waals surface area contributed by atoms with Crippen LogP contribution in [0.3, 0.4) is 0 Å². The molecule has 2 amide bonds. The average molecular weight is 351 g/mol. The van der Waals surface area contributed by atoms with Crippen LogP contribution in [0.4, 0.5) is 0 Å². The number of benzene rings is 2. The second-order valence-corrected chi connectivity index (χ2v) is 6.57. The quantitative estimate of drug-likeness (QED) is 0.894. The van der Waals surface area contributed by atoms with E-state index in [1.165, 1.54) is 5.56 Å². The summed E-state index contributed by atoms with van der Waals surface area (Å²) in [6.07, 6.45) is 0.421. The smallest absolute Gasteiger partial charge is 0.233 e. The number of piperazine rings is 1. The van der Waals surface area contributed by atoms with E-state index < -0.39 is 0 Å². The number of hydrogen-bond donors (Lipinski definition) is 1. The van der Waals surface area contributed by atoms with Crippen molar-refractivity contribution in [2.24, 2.45) is 0 Å². The second kappa shape index (κ2) is 8.63. The molecule has 0 aromatic heterocycles. The summed E-state index contributed by atoms with van der Waals surface area (Å²) in [5, 5.41) is 2.63. The van der Waals surface area contributed by atoms with Gasteiger partial charge in [0, 0.05) is 33.2 Å². The standard InChI is InChI=1S/C21H25N3O2/c1-22-20(25)16-23-11-13-24(14-12-23)21(26)15-17-7-9-19(10-8-17)18-5-3-2-4-6-18/h2-10H,11-16H2,1H3,(H,22,25). The Bertz CT molecular complexity index is 736. The summed E-state index contributed by atoms with van der Waals surface area (Å²) in [7, 11) is 1.64. The molecule has 1 aliphatic heterocycles. The van der Waals surface area contributed by atoms with Crippen molar-refractivity contribution >= 4 is 11.8 Å². The zero-order valence-electron chi connectivity index (χ0n) is 15.1. The fourth-order valence-corrected chi connectivity index (χ4v) is 3.17. The molecule has 0 bridgehead atoms. The lowest BCUT2D eigenvalue weighted by molar-refractivity contribution is -0.132. The van der Waals surface area contributed by atoms with Crippen molar-refractivity contribution in [1.29, 1.82) is 0 Å². The lowest BCUT2D eigenvalue weighted by atomic mass is 10.0. The summed E-state index contributed by atoms with van der Waals surface area (Å²) in [5.41, 5.74) is 3.37. The highest BCUT2D eigenvalue weighted by atomic mass is 16.2. The van der Waals surface area contributed by atoms with Gasteiger partial charge in [0.2, 0.25) is 11.8 Å². The van der Waals surface area contributed by atoms with E-state index in [1.54, 1.807) is 7.05 Å². The minimum atomic E-state index is 0.0169. The van der Waals surface area contributed by atoms with E-state index in [0.717, 1.165) is 24.2 Å². The van der Waals surface area contributed by atoms with Crippen LogP contribution in [-0.2, 0) is 16.0 Å². The molecule has 0 radical (unpaired) electrons. The third kappa shape index (κ3) is 4.70. The van der Waals surface area contributed by atoms with Crippen LogP contribution in [0.15, 0.2) is 54.6 Å². The van der Waals surface area contributed by atoms with E-state index in [2.05, 4.69) is 34.5 Å². The molecular formula is C21H25N3O2. The fourth-order valence-electron chi connectivity index (χ4n) is 3.17. The third-order valence-corrected chi connectivity index (χ3v) is 4.79. The molecule has 2 aromatic carbocycles. The first kappa shape index (κ1) is 18.1. The number of likely N-dealkylation sites (N-methyl/N-ethyl adjacent to an activating group) is 1. The van der Waals surface area contributed by atoms with Gasteiger partial charge < -0.3 is 10.2 Å². The normalized spacial score (nSPS) is 14.9. The fraction of sp³-hybridized carbons (Fsp3) is 0.333. The van der Waals surface area contributed by atoms with Crippen molar-refractivity contribution in [1.82, 2.24) is 15.1 Å². The Morgan fingerprint density at radius 1 is 0.885 bits per heavy atom. The molecule has 1 aliphatic rings. The van der Waals surface area contributed by atoms with Gasteiger partial charge in [-0.25, -0.2) is 0 Å². The van der Waals surface area contributed by atoms with E-state index in [0.29, 0.717) is 26.1 Å². The molecule has 0 atom stereocenters. The Labute approximate surface area is 154 Å². The number of amides is 2. The lowest BCUT2D eigenvalue weighted by Gasteiger charge is -2.34. The molecule has 0 saturated carbocycles. The summed E-state index contributed by atoms with van der Waals surface area (Å²) >= 11 is 0. The first-order valence-electron chi connectivity index (χ1n) is 9.01. The van der Waals surface area contributed by atoms with Crippen LogP contribution >= 0.6 is 0 Å². The van der Waals surface area contributed by atoms with Crippen LogP contribution in [-0.4, -0.2) is 61.4 Å². The maximum absolute atomic E-state index is 12.5. The van der Waals surface area contributed by atoms with E-state index in [1.807, 2.05) is 35.2 Å². The number of hydrogen-bond acceptors (Lipinski definition) is 3. The molecule has 1 heterocycles. The second-order valence-electron chi connectivity index (χ2n) is 6.57. The van der Waals surface area contributed by atoms with Gasteiger partial charge >= 0.3 is 0 Å². The maximum Gasteiger partial charge on any atom is 0.233 e. The van der Waals surface area contributed by atoms with Crippen molar-refractivity contribution in [2.75, 3.05) is 39.8 Å².